The predicted molar refractivity (Wildman–Crippen MR) is 110 cm³/mol. The fraction of sp³-hybridized carbons (Fsp3) is 0.833. The Morgan fingerprint density at radius 3 is 2.19 bits per heavy atom. The average molecular weight is 487 g/mol. The molecule has 0 spiro atoms. The van der Waals surface area contributed by atoms with E-state index >= 15 is 0 Å². The summed E-state index contributed by atoms with van der Waals surface area (Å²) in [5.41, 5.74) is 0. The van der Waals surface area contributed by atoms with Gasteiger partial charge in [-0.3, -0.25) is 23.4 Å². The fourth-order valence-electron chi connectivity index (χ4n) is 1.91. The molecule has 0 fully saturated rings. The monoisotopic (exact) mass is 487 g/mol. The molecule has 0 saturated carbocycles. The van der Waals surface area contributed by atoms with Crippen LogP contribution in [0.4, 0.5) is 0 Å². The van der Waals surface area contributed by atoms with Gasteiger partial charge >= 0.3 is 19.8 Å². The molecule has 0 aliphatic heterocycles. The zero-order valence-electron chi connectivity index (χ0n) is 18.9. The Balaban J connectivity index is 3.90. The summed E-state index contributed by atoms with van der Waals surface area (Å²) in [4.78, 5) is 43.1. The van der Waals surface area contributed by atoms with Crippen molar-refractivity contribution >= 4 is 25.7 Å². The molecule has 0 aliphatic rings. The lowest BCUT2D eigenvalue weighted by atomic mass is 10.4. The summed E-state index contributed by atoms with van der Waals surface area (Å²) < 4.78 is 46.5. The van der Waals surface area contributed by atoms with E-state index in [1.54, 1.807) is 0 Å². The standard InChI is InChI=1S/C18H34NO12P/c1-14(2)27-10-9-25-7-8-26-13-18(22)19-5-6-29-32(23,24)30-12-17(31-16(4)21)11-28-15(3)20/h14,17H,5-13H2,1-4H3,(H,19,22)(H,23,24)/t17-/m1/s1. The van der Waals surface area contributed by atoms with E-state index in [4.69, 9.17) is 28.0 Å². The zero-order chi connectivity index (χ0) is 24.4. The van der Waals surface area contributed by atoms with Crippen LogP contribution in [-0.4, -0.2) is 94.3 Å². The maximum atomic E-state index is 11.8. The van der Waals surface area contributed by atoms with Gasteiger partial charge in [-0.2, -0.15) is 0 Å². The topological polar surface area (TPSA) is 165 Å². The van der Waals surface area contributed by atoms with Gasteiger partial charge in [-0.25, -0.2) is 4.57 Å². The molecule has 32 heavy (non-hydrogen) atoms. The summed E-state index contributed by atoms with van der Waals surface area (Å²) in [6.07, 6.45) is -0.942. The quantitative estimate of drug-likeness (QED) is 0.145. The van der Waals surface area contributed by atoms with Gasteiger partial charge in [-0.1, -0.05) is 0 Å². The van der Waals surface area contributed by atoms with Gasteiger partial charge < -0.3 is 33.9 Å². The molecular weight excluding hydrogens is 453 g/mol. The summed E-state index contributed by atoms with van der Waals surface area (Å²) in [7, 11) is -4.48. The Kier molecular flexibility index (Phi) is 17.0. The number of phosphoric acid groups is 1. The second-order valence-electron chi connectivity index (χ2n) is 6.57. The van der Waals surface area contributed by atoms with Crippen LogP contribution >= 0.6 is 7.82 Å². The van der Waals surface area contributed by atoms with Gasteiger partial charge in [-0.15, -0.1) is 0 Å². The highest BCUT2D eigenvalue weighted by atomic mass is 31.2. The van der Waals surface area contributed by atoms with Crippen LogP contribution in [0.25, 0.3) is 0 Å². The Morgan fingerprint density at radius 1 is 0.906 bits per heavy atom. The Labute approximate surface area is 187 Å². The molecule has 2 N–H and O–H groups in total. The molecule has 188 valence electrons. The van der Waals surface area contributed by atoms with E-state index in [9.17, 15) is 23.8 Å². The van der Waals surface area contributed by atoms with Crippen molar-refractivity contribution in [3.05, 3.63) is 0 Å². The normalized spacial score (nSPS) is 13.9. The lowest BCUT2D eigenvalue weighted by molar-refractivity contribution is -0.158. The van der Waals surface area contributed by atoms with Gasteiger partial charge in [0.25, 0.3) is 0 Å². The molecule has 1 amide bonds. The van der Waals surface area contributed by atoms with E-state index in [2.05, 4.69) is 10.1 Å². The van der Waals surface area contributed by atoms with Gasteiger partial charge in [0, 0.05) is 20.4 Å². The van der Waals surface area contributed by atoms with Crippen molar-refractivity contribution < 1.29 is 56.6 Å². The molecule has 0 saturated heterocycles. The van der Waals surface area contributed by atoms with Crippen LogP contribution in [-0.2, 0) is 51.7 Å². The number of rotatable bonds is 19. The van der Waals surface area contributed by atoms with Crippen molar-refractivity contribution in [2.24, 2.45) is 0 Å². The number of nitrogens with one attached hydrogen (secondary N) is 1. The van der Waals surface area contributed by atoms with Gasteiger partial charge in [0.2, 0.25) is 5.91 Å². The largest absolute Gasteiger partial charge is 0.472 e. The van der Waals surface area contributed by atoms with Crippen molar-refractivity contribution in [1.29, 1.82) is 0 Å². The Bertz CT molecular complexity index is 601. The number of ether oxygens (including phenoxy) is 5. The maximum absolute atomic E-state index is 11.8. The van der Waals surface area contributed by atoms with E-state index < -0.39 is 38.4 Å². The molecule has 0 aromatic heterocycles. The van der Waals surface area contributed by atoms with Crippen LogP contribution < -0.4 is 5.32 Å². The number of phosphoric ester groups is 1. The minimum atomic E-state index is -4.48. The van der Waals surface area contributed by atoms with E-state index in [1.807, 2.05) is 13.8 Å². The van der Waals surface area contributed by atoms with Crippen LogP contribution in [0, 0.1) is 0 Å². The second kappa shape index (κ2) is 17.9. The van der Waals surface area contributed by atoms with Crippen molar-refractivity contribution in [3.63, 3.8) is 0 Å². The van der Waals surface area contributed by atoms with Crippen molar-refractivity contribution in [1.82, 2.24) is 5.32 Å². The number of hydrogen-bond donors (Lipinski definition) is 2. The highest BCUT2D eigenvalue weighted by Gasteiger charge is 2.25. The zero-order valence-corrected chi connectivity index (χ0v) is 19.8. The summed E-state index contributed by atoms with van der Waals surface area (Å²) in [5.74, 6) is -1.74. The van der Waals surface area contributed by atoms with Gasteiger partial charge in [0.05, 0.1) is 45.7 Å². The summed E-state index contributed by atoms with van der Waals surface area (Å²) >= 11 is 0. The SMILES string of the molecule is CC(=O)OC[C@H](COP(=O)(O)OCCNC(=O)COCCOCCOC(C)C)OC(C)=O. The predicted octanol–water partition coefficient (Wildman–Crippen LogP) is 0.189. The average Bonchev–Trinajstić information content (AvgIpc) is 2.68. The highest BCUT2D eigenvalue weighted by molar-refractivity contribution is 7.47. The van der Waals surface area contributed by atoms with E-state index in [0.29, 0.717) is 19.8 Å². The molecule has 2 atom stereocenters. The molecule has 0 aromatic carbocycles. The second-order valence-corrected chi connectivity index (χ2v) is 8.02. The third-order valence-corrected chi connectivity index (χ3v) is 4.18. The van der Waals surface area contributed by atoms with Gasteiger partial charge in [0.15, 0.2) is 6.10 Å². The van der Waals surface area contributed by atoms with Crippen molar-refractivity contribution in [2.75, 3.05) is 59.4 Å². The first-order valence-electron chi connectivity index (χ1n) is 9.98. The Morgan fingerprint density at radius 2 is 1.56 bits per heavy atom. The van der Waals surface area contributed by atoms with E-state index in [-0.39, 0.29) is 39.1 Å². The first-order chi connectivity index (χ1) is 15.0. The number of esters is 2. The van der Waals surface area contributed by atoms with Crippen LogP contribution in [0.15, 0.2) is 0 Å². The molecule has 1 unspecified atom stereocenters. The third kappa shape index (κ3) is 20.3. The molecule has 0 rings (SSSR count). The molecule has 0 aliphatic carbocycles. The maximum Gasteiger partial charge on any atom is 0.472 e. The van der Waals surface area contributed by atoms with Crippen LogP contribution in [0.2, 0.25) is 0 Å². The highest BCUT2D eigenvalue weighted by Crippen LogP contribution is 2.43. The van der Waals surface area contributed by atoms with Crippen molar-refractivity contribution in [2.45, 2.75) is 39.9 Å². The molecular formula is C18H34NO12P. The molecule has 13 nitrogen and oxygen atoms in total. The Hall–Kier alpha value is -1.60. The number of hydrogen-bond acceptors (Lipinski definition) is 11. The summed E-state index contributed by atoms with van der Waals surface area (Å²) in [6.45, 7) is 6.10. The van der Waals surface area contributed by atoms with Crippen molar-refractivity contribution in [3.8, 4) is 0 Å². The molecule has 0 radical (unpaired) electrons. The minimum absolute atomic E-state index is 0.0695. The summed E-state index contributed by atoms with van der Waals surface area (Å²) in [5, 5.41) is 2.44. The first-order valence-corrected chi connectivity index (χ1v) is 11.5. The fourth-order valence-corrected chi connectivity index (χ4v) is 2.66. The van der Waals surface area contributed by atoms with E-state index in [0.717, 1.165) is 13.8 Å². The third-order valence-electron chi connectivity index (χ3n) is 3.19. The molecule has 0 bridgehead atoms. The van der Waals surface area contributed by atoms with E-state index in [1.165, 1.54) is 0 Å². The minimum Gasteiger partial charge on any atom is -0.462 e. The molecule has 14 heteroatoms. The number of carbonyl (C=O) groups excluding carboxylic acids is 3. The first kappa shape index (κ1) is 30.4. The van der Waals surface area contributed by atoms with Gasteiger partial charge in [-0.05, 0) is 13.8 Å². The van der Waals surface area contributed by atoms with Crippen LogP contribution in [0.1, 0.15) is 27.7 Å². The smallest absolute Gasteiger partial charge is 0.462 e. The number of carbonyl (C=O) groups is 3. The lowest BCUT2D eigenvalue weighted by Gasteiger charge is -2.18. The lowest BCUT2D eigenvalue weighted by Crippen LogP contribution is -2.31. The summed E-state index contributed by atoms with van der Waals surface area (Å²) in [6, 6.07) is 0. The van der Waals surface area contributed by atoms with Crippen LogP contribution in [0.3, 0.4) is 0 Å². The van der Waals surface area contributed by atoms with Crippen LogP contribution in [0.5, 0.6) is 0 Å². The molecule has 0 aromatic rings. The molecule has 0 heterocycles. The van der Waals surface area contributed by atoms with Gasteiger partial charge in [0.1, 0.15) is 13.2 Å². The number of amides is 1.